The Morgan fingerprint density at radius 2 is 1.94 bits per heavy atom. The largest absolute Gasteiger partial charge is 0.379 e. The van der Waals surface area contributed by atoms with Crippen molar-refractivity contribution in [3.63, 3.8) is 0 Å². The minimum absolute atomic E-state index is 0.0163. The van der Waals surface area contributed by atoms with E-state index in [4.69, 9.17) is 4.74 Å². The van der Waals surface area contributed by atoms with Crippen LogP contribution in [0.4, 0.5) is 0 Å². The molecule has 1 N–H and O–H groups in total. The predicted molar refractivity (Wildman–Crippen MR) is 68.8 cm³/mol. The number of nitrogens with zero attached hydrogens (tertiary/aromatic N) is 1. The van der Waals surface area contributed by atoms with E-state index in [1.54, 1.807) is 7.11 Å². The average molecular weight is 228 g/mol. The second-order valence-electron chi connectivity index (χ2n) is 5.67. The first-order chi connectivity index (χ1) is 7.53. The van der Waals surface area contributed by atoms with Gasteiger partial charge in [-0.25, -0.2) is 0 Å². The summed E-state index contributed by atoms with van der Waals surface area (Å²) in [6, 6.07) is 0. The lowest BCUT2D eigenvalue weighted by Crippen LogP contribution is -2.36. The van der Waals surface area contributed by atoms with Crippen LogP contribution in [0.1, 0.15) is 33.1 Å². The van der Waals surface area contributed by atoms with Crippen molar-refractivity contribution in [3.05, 3.63) is 0 Å². The van der Waals surface area contributed by atoms with Gasteiger partial charge in [-0.3, -0.25) is 0 Å². The molecular formula is C13H28N2O. The maximum absolute atomic E-state index is 5.44. The Morgan fingerprint density at radius 3 is 2.50 bits per heavy atom. The van der Waals surface area contributed by atoms with Gasteiger partial charge in [-0.15, -0.1) is 0 Å². The van der Waals surface area contributed by atoms with E-state index in [2.05, 4.69) is 31.1 Å². The molecule has 1 saturated heterocycles. The lowest BCUT2D eigenvalue weighted by Gasteiger charge is -2.30. The maximum Gasteiger partial charge on any atom is 0.0634 e. The molecule has 0 spiro atoms. The summed E-state index contributed by atoms with van der Waals surface area (Å²) < 4.78 is 5.44. The van der Waals surface area contributed by atoms with Gasteiger partial charge >= 0.3 is 0 Å². The van der Waals surface area contributed by atoms with E-state index < -0.39 is 0 Å². The number of hydrogen-bond donors (Lipinski definition) is 1. The third-order valence-corrected chi connectivity index (χ3v) is 3.68. The molecular weight excluding hydrogens is 200 g/mol. The molecule has 0 aromatic carbocycles. The molecule has 1 aliphatic rings. The highest BCUT2D eigenvalue weighted by molar-refractivity contribution is 4.74. The van der Waals surface area contributed by atoms with Crippen molar-refractivity contribution in [2.75, 3.05) is 40.3 Å². The van der Waals surface area contributed by atoms with Crippen LogP contribution in [-0.4, -0.2) is 50.8 Å². The van der Waals surface area contributed by atoms with Gasteiger partial charge < -0.3 is 15.0 Å². The molecule has 0 aromatic rings. The first kappa shape index (κ1) is 13.9. The minimum atomic E-state index is 0.0163. The highest BCUT2D eigenvalue weighted by Gasteiger charge is 2.19. The second kappa shape index (κ2) is 6.58. The van der Waals surface area contributed by atoms with Crippen molar-refractivity contribution in [1.82, 2.24) is 10.2 Å². The molecule has 16 heavy (non-hydrogen) atoms. The van der Waals surface area contributed by atoms with E-state index in [1.807, 2.05) is 0 Å². The van der Waals surface area contributed by atoms with Crippen LogP contribution in [0, 0.1) is 5.92 Å². The monoisotopic (exact) mass is 228 g/mol. The third-order valence-electron chi connectivity index (χ3n) is 3.68. The third kappa shape index (κ3) is 5.28. The van der Waals surface area contributed by atoms with E-state index in [9.17, 15) is 0 Å². The normalized spacial score (nSPS) is 19.3. The summed E-state index contributed by atoms with van der Waals surface area (Å²) >= 11 is 0. The van der Waals surface area contributed by atoms with Gasteiger partial charge in [0.25, 0.3) is 0 Å². The van der Waals surface area contributed by atoms with Gasteiger partial charge in [-0.05, 0) is 59.2 Å². The van der Waals surface area contributed by atoms with Gasteiger partial charge in [-0.2, -0.15) is 0 Å². The van der Waals surface area contributed by atoms with E-state index >= 15 is 0 Å². The van der Waals surface area contributed by atoms with Gasteiger partial charge in [-0.1, -0.05) is 0 Å². The fourth-order valence-corrected chi connectivity index (χ4v) is 2.16. The molecule has 0 radical (unpaired) electrons. The predicted octanol–water partition coefficient (Wildman–Crippen LogP) is 1.73. The smallest absolute Gasteiger partial charge is 0.0634 e. The van der Waals surface area contributed by atoms with Crippen LogP contribution in [0.15, 0.2) is 0 Å². The van der Waals surface area contributed by atoms with Gasteiger partial charge in [0, 0.05) is 20.2 Å². The number of rotatable bonds is 6. The number of nitrogens with one attached hydrogen (secondary N) is 1. The quantitative estimate of drug-likeness (QED) is 0.749. The zero-order valence-electron chi connectivity index (χ0n) is 11.4. The molecule has 3 heteroatoms. The Bertz CT molecular complexity index is 188. The highest BCUT2D eigenvalue weighted by Crippen LogP contribution is 2.16. The molecule has 0 aromatic heterocycles. The van der Waals surface area contributed by atoms with Gasteiger partial charge in [0.15, 0.2) is 0 Å². The lowest BCUT2D eigenvalue weighted by atomic mass is 9.97. The first-order valence-electron chi connectivity index (χ1n) is 6.48. The standard InChI is InChI=1S/C13H28N2O/c1-13(2,16-4)7-10-15(3)11-12-5-8-14-9-6-12/h12,14H,5-11H2,1-4H3. The van der Waals surface area contributed by atoms with Crippen molar-refractivity contribution in [3.8, 4) is 0 Å². The molecule has 0 bridgehead atoms. The zero-order chi connectivity index (χ0) is 12.0. The van der Waals surface area contributed by atoms with Crippen LogP contribution in [0.2, 0.25) is 0 Å². The number of ether oxygens (including phenoxy) is 1. The summed E-state index contributed by atoms with van der Waals surface area (Å²) in [6.45, 7) is 9.08. The highest BCUT2D eigenvalue weighted by atomic mass is 16.5. The fraction of sp³-hybridized carbons (Fsp3) is 1.00. The summed E-state index contributed by atoms with van der Waals surface area (Å²) in [5.74, 6) is 0.886. The first-order valence-corrected chi connectivity index (χ1v) is 6.48. The van der Waals surface area contributed by atoms with E-state index in [0.717, 1.165) is 18.9 Å². The summed E-state index contributed by atoms with van der Waals surface area (Å²) in [5.41, 5.74) is 0.0163. The topological polar surface area (TPSA) is 24.5 Å². The van der Waals surface area contributed by atoms with Crippen LogP contribution in [-0.2, 0) is 4.74 Å². The summed E-state index contributed by atoms with van der Waals surface area (Å²) in [5, 5.41) is 3.41. The number of methoxy groups -OCH3 is 1. The van der Waals surface area contributed by atoms with Crippen molar-refractivity contribution in [1.29, 1.82) is 0 Å². The molecule has 0 aliphatic carbocycles. The van der Waals surface area contributed by atoms with Crippen molar-refractivity contribution < 1.29 is 4.74 Å². The number of piperidine rings is 1. The molecule has 96 valence electrons. The van der Waals surface area contributed by atoms with E-state index in [1.165, 1.54) is 32.5 Å². The summed E-state index contributed by atoms with van der Waals surface area (Å²) in [4.78, 5) is 2.46. The van der Waals surface area contributed by atoms with Crippen LogP contribution in [0.3, 0.4) is 0 Å². The van der Waals surface area contributed by atoms with Gasteiger partial charge in [0.2, 0.25) is 0 Å². The Hall–Kier alpha value is -0.120. The van der Waals surface area contributed by atoms with Crippen molar-refractivity contribution in [2.45, 2.75) is 38.7 Å². The molecule has 1 fully saturated rings. The zero-order valence-corrected chi connectivity index (χ0v) is 11.4. The van der Waals surface area contributed by atoms with Gasteiger partial charge in [0.05, 0.1) is 5.60 Å². The lowest BCUT2D eigenvalue weighted by molar-refractivity contribution is 0.00802. The Labute approximate surface area is 101 Å². The average Bonchev–Trinajstić information content (AvgIpc) is 2.28. The van der Waals surface area contributed by atoms with Crippen LogP contribution >= 0.6 is 0 Å². The summed E-state index contributed by atoms with van der Waals surface area (Å²) in [6.07, 6.45) is 3.76. The summed E-state index contributed by atoms with van der Waals surface area (Å²) in [7, 11) is 4.03. The molecule has 3 nitrogen and oxygen atoms in total. The molecule has 0 atom stereocenters. The van der Waals surface area contributed by atoms with Crippen LogP contribution < -0.4 is 5.32 Å². The van der Waals surface area contributed by atoms with E-state index in [-0.39, 0.29) is 5.60 Å². The molecule has 0 amide bonds. The van der Waals surface area contributed by atoms with Crippen molar-refractivity contribution >= 4 is 0 Å². The minimum Gasteiger partial charge on any atom is -0.379 e. The van der Waals surface area contributed by atoms with E-state index in [0.29, 0.717) is 0 Å². The maximum atomic E-state index is 5.44. The van der Waals surface area contributed by atoms with Gasteiger partial charge in [0.1, 0.15) is 0 Å². The Morgan fingerprint density at radius 1 is 1.31 bits per heavy atom. The SMILES string of the molecule is COC(C)(C)CCN(C)CC1CCNCC1. The fourth-order valence-electron chi connectivity index (χ4n) is 2.16. The van der Waals surface area contributed by atoms with Crippen LogP contribution in [0.5, 0.6) is 0 Å². The molecule has 0 unspecified atom stereocenters. The molecule has 1 rings (SSSR count). The van der Waals surface area contributed by atoms with Crippen molar-refractivity contribution in [2.24, 2.45) is 5.92 Å². The molecule has 0 saturated carbocycles. The van der Waals surface area contributed by atoms with Crippen LogP contribution in [0.25, 0.3) is 0 Å². The Kier molecular flexibility index (Phi) is 5.73. The Balaban J connectivity index is 2.17. The molecule has 1 heterocycles. The molecule has 1 aliphatic heterocycles. The number of hydrogen-bond acceptors (Lipinski definition) is 3. The second-order valence-corrected chi connectivity index (χ2v) is 5.67.